The standard InChI is InChI=1S/C20H28N2O3/c1-14-5-4-6-17(13-14)22-20(24)15(2)21-19(23)12-9-16-7-10-18(25-3)11-8-16/h7-12,14-15,17H,4-6,13H2,1-3H3,(H,21,23)(H,22,24)/b12-9+. The minimum absolute atomic E-state index is 0.120. The SMILES string of the molecule is COc1ccc(/C=C/C(=O)NC(C)C(=O)NC2CCCC(C)C2)cc1. The lowest BCUT2D eigenvalue weighted by atomic mass is 9.87. The van der Waals surface area contributed by atoms with Crippen LogP contribution in [-0.2, 0) is 9.59 Å². The molecule has 0 bridgehead atoms. The number of carbonyl (C=O) groups is 2. The van der Waals surface area contributed by atoms with Gasteiger partial charge in [0.2, 0.25) is 11.8 Å². The van der Waals surface area contributed by atoms with Gasteiger partial charge in [0, 0.05) is 12.1 Å². The molecule has 5 heteroatoms. The smallest absolute Gasteiger partial charge is 0.244 e. The third-order valence-corrected chi connectivity index (χ3v) is 4.58. The first-order valence-corrected chi connectivity index (χ1v) is 8.91. The predicted octanol–water partition coefficient (Wildman–Crippen LogP) is 2.91. The summed E-state index contributed by atoms with van der Waals surface area (Å²) in [5, 5.41) is 5.76. The van der Waals surface area contributed by atoms with Gasteiger partial charge >= 0.3 is 0 Å². The highest BCUT2D eigenvalue weighted by Crippen LogP contribution is 2.23. The van der Waals surface area contributed by atoms with E-state index in [1.807, 2.05) is 24.3 Å². The summed E-state index contributed by atoms with van der Waals surface area (Å²) < 4.78 is 5.09. The summed E-state index contributed by atoms with van der Waals surface area (Å²) in [7, 11) is 1.61. The van der Waals surface area contributed by atoms with Crippen LogP contribution in [0, 0.1) is 5.92 Å². The van der Waals surface area contributed by atoms with Crippen molar-refractivity contribution < 1.29 is 14.3 Å². The molecule has 1 aromatic carbocycles. The van der Waals surface area contributed by atoms with Gasteiger partial charge in [-0.25, -0.2) is 0 Å². The van der Waals surface area contributed by atoms with Gasteiger partial charge in [-0.1, -0.05) is 31.9 Å². The van der Waals surface area contributed by atoms with Crippen LogP contribution in [0.15, 0.2) is 30.3 Å². The highest BCUT2D eigenvalue weighted by atomic mass is 16.5. The minimum Gasteiger partial charge on any atom is -0.497 e. The average Bonchev–Trinajstić information content (AvgIpc) is 2.60. The molecule has 1 saturated carbocycles. The number of amides is 2. The van der Waals surface area contributed by atoms with Crippen LogP contribution in [0.25, 0.3) is 6.08 Å². The lowest BCUT2D eigenvalue weighted by Gasteiger charge is -2.28. The van der Waals surface area contributed by atoms with Crippen LogP contribution in [-0.4, -0.2) is 31.0 Å². The Kier molecular flexibility index (Phi) is 7.04. The molecule has 25 heavy (non-hydrogen) atoms. The first kappa shape index (κ1) is 19.0. The predicted molar refractivity (Wildman–Crippen MR) is 99.2 cm³/mol. The molecular formula is C20H28N2O3. The highest BCUT2D eigenvalue weighted by molar-refractivity contribution is 5.95. The van der Waals surface area contributed by atoms with Gasteiger partial charge in [-0.2, -0.15) is 0 Å². The number of benzene rings is 1. The maximum atomic E-state index is 12.2. The molecule has 3 unspecified atom stereocenters. The summed E-state index contributed by atoms with van der Waals surface area (Å²) in [4.78, 5) is 24.2. The largest absolute Gasteiger partial charge is 0.497 e. The van der Waals surface area contributed by atoms with Crippen molar-refractivity contribution in [3.8, 4) is 5.75 Å². The molecule has 2 N–H and O–H groups in total. The van der Waals surface area contributed by atoms with E-state index in [-0.39, 0.29) is 17.9 Å². The van der Waals surface area contributed by atoms with Crippen LogP contribution in [0.5, 0.6) is 5.75 Å². The molecule has 0 radical (unpaired) electrons. The average molecular weight is 344 g/mol. The summed E-state index contributed by atoms with van der Waals surface area (Å²) in [5.41, 5.74) is 0.893. The number of methoxy groups -OCH3 is 1. The second kappa shape index (κ2) is 9.25. The summed E-state index contributed by atoms with van der Waals surface area (Å²) in [6.07, 6.45) is 7.57. The quantitative estimate of drug-likeness (QED) is 0.780. The fourth-order valence-corrected chi connectivity index (χ4v) is 3.11. The van der Waals surface area contributed by atoms with E-state index in [0.29, 0.717) is 5.92 Å². The number of ether oxygens (including phenoxy) is 1. The normalized spacial score (nSPS) is 21.6. The summed E-state index contributed by atoms with van der Waals surface area (Å²) in [6, 6.07) is 7.07. The van der Waals surface area contributed by atoms with Crippen LogP contribution in [0.2, 0.25) is 0 Å². The van der Waals surface area contributed by atoms with Gasteiger partial charge in [0.25, 0.3) is 0 Å². The Bertz CT molecular complexity index is 610. The molecule has 0 spiro atoms. The fourth-order valence-electron chi connectivity index (χ4n) is 3.11. The van der Waals surface area contributed by atoms with E-state index in [0.717, 1.165) is 30.6 Å². The van der Waals surface area contributed by atoms with Gasteiger partial charge in [-0.05, 0) is 49.5 Å². The second-order valence-corrected chi connectivity index (χ2v) is 6.81. The van der Waals surface area contributed by atoms with E-state index in [1.54, 1.807) is 20.1 Å². The molecule has 1 aromatic rings. The summed E-state index contributed by atoms with van der Waals surface area (Å²) in [6.45, 7) is 3.92. The van der Waals surface area contributed by atoms with Crippen molar-refractivity contribution in [3.05, 3.63) is 35.9 Å². The van der Waals surface area contributed by atoms with Crippen molar-refractivity contribution in [2.45, 2.75) is 51.6 Å². The highest BCUT2D eigenvalue weighted by Gasteiger charge is 2.23. The van der Waals surface area contributed by atoms with Crippen molar-refractivity contribution in [2.75, 3.05) is 7.11 Å². The van der Waals surface area contributed by atoms with E-state index in [1.165, 1.54) is 12.5 Å². The number of nitrogens with one attached hydrogen (secondary N) is 2. The molecule has 1 fully saturated rings. The van der Waals surface area contributed by atoms with Crippen molar-refractivity contribution in [3.63, 3.8) is 0 Å². The third kappa shape index (κ3) is 6.25. The molecule has 1 aliphatic carbocycles. The van der Waals surface area contributed by atoms with Crippen LogP contribution in [0.4, 0.5) is 0 Å². The van der Waals surface area contributed by atoms with Gasteiger partial charge in [0.1, 0.15) is 11.8 Å². The number of carbonyl (C=O) groups excluding carboxylic acids is 2. The van der Waals surface area contributed by atoms with E-state index in [2.05, 4.69) is 17.6 Å². The molecule has 2 rings (SSSR count). The first-order valence-electron chi connectivity index (χ1n) is 8.91. The molecular weight excluding hydrogens is 316 g/mol. The van der Waals surface area contributed by atoms with Gasteiger partial charge in [0.05, 0.1) is 7.11 Å². The molecule has 0 heterocycles. The Hall–Kier alpha value is -2.30. The zero-order chi connectivity index (χ0) is 18.2. The van der Waals surface area contributed by atoms with E-state index in [9.17, 15) is 9.59 Å². The third-order valence-electron chi connectivity index (χ3n) is 4.58. The molecule has 5 nitrogen and oxygen atoms in total. The maximum Gasteiger partial charge on any atom is 0.244 e. The maximum absolute atomic E-state index is 12.2. The van der Waals surface area contributed by atoms with Crippen molar-refractivity contribution in [1.82, 2.24) is 10.6 Å². The van der Waals surface area contributed by atoms with Crippen LogP contribution >= 0.6 is 0 Å². The Labute approximate surface area is 149 Å². The summed E-state index contributed by atoms with van der Waals surface area (Å²) >= 11 is 0. The van der Waals surface area contributed by atoms with Crippen molar-refractivity contribution in [2.24, 2.45) is 5.92 Å². The number of rotatable bonds is 6. The number of hydrogen-bond donors (Lipinski definition) is 2. The Morgan fingerprint density at radius 2 is 1.96 bits per heavy atom. The molecule has 0 aliphatic heterocycles. The minimum atomic E-state index is -0.551. The van der Waals surface area contributed by atoms with Gasteiger partial charge in [-0.15, -0.1) is 0 Å². The van der Waals surface area contributed by atoms with Gasteiger partial charge in [0.15, 0.2) is 0 Å². The topological polar surface area (TPSA) is 67.4 Å². The molecule has 3 atom stereocenters. The van der Waals surface area contributed by atoms with Crippen molar-refractivity contribution in [1.29, 1.82) is 0 Å². The van der Waals surface area contributed by atoms with Crippen LogP contribution < -0.4 is 15.4 Å². The summed E-state index contributed by atoms with van der Waals surface area (Å²) in [5.74, 6) is 1.01. The van der Waals surface area contributed by atoms with Crippen LogP contribution in [0.1, 0.15) is 45.1 Å². The van der Waals surface area contributed by atoms with Crippen molar-refractivity contribution >= 4 is 17.9 Å². The van der Waals surface area contributed by atoms with Gasteiger partial charge in [-0.3, -0.25) is 9.59 Å². The first-order chi connectivity index (χ1) is 12.0. The Balaban J connectivity index is 1.79. The monoisotopic (exact) mass is 344 g/mol. The molecule has 1 aliphatic rings. The number of hydrogen-bond acceptors (Lipinski definition) is 3. The fraction of sp³-hybridized carbons (Fsp3) is 0.500. The van der Waals surface area contributed by atoms with E-state index >= 15 is 0 Å². The van der Waals surface area contributed by atoms with E-state index in [4.69, 9.17) is 4.74 Å². The molecule has 2 amide bonds. The van der Waals surface area contributed by atoms with Crippen LogP contribution in [0.3, 0.4) is 0 Å². The Morgan fingerprint density at radius 3 is 2.60 bits per heavy atom. The lowest BCUT2D eigenvalue weighted by Crippen LogP contribution is -2.48. The molecule has 0 saturated heterocycles. The zero-order valence-corrected chi connectivity index (χ0v) is 15.2. The zero-order valence-electron chi connectivity index (χ0n) is 15.2. The second-order valence-electron chi connectivity index (χ2n) is 6.81. The van der Waals surface area contributed by atoms with E-state index < -0.39 is 6.04 Å². The van der Waals surface area contributed by atoms with Gasteiger partial charge < -0.3 is 15.4 Å². The molecule has 136 valence electrons. The lowest BCUT2D eigenvalue weighted by molar-refractivity contribution is -0.127. The Morgan fingerprint density at radius 1 is 1.24 bits per heavy atom. The molecule has 0 aromatic heterocycles.